The maximum Gasteiger partial charge on any atom is 0.410 e. The predicted octanol–water partition coefficient (Wildman–Crippen LogP) is 3.60. The van der Waals surface area contributed by atoms with Gasteiger partial charge in [0, 0.05) is 6.54 Å². The van der Waals surface area contributed by atoms with E-state index in [9.17, 15) is 18.8 Å². The number of carboxylic acid groups (broad SMARTS) is 1. The van der Waals surface area contributed by atoms with Crippen molar-refractivity contribution in [2.45, 2.75) is 49.1 Å². The van der Waals surface area contributed by atoms with E-state index in [0.29, 0.717) is 17.6 Å². The van der Waals surface area contributed by atoms with Crippen molar-refractivity contribution in [1.29, 1.82) is 0 Å². The van der Waals surface area contributed by atoms with Crippen LogP contribution in [0.1, 0.15) is 39.3 Å². The highest BCUT2D eigenvalue weighted by atomic mass is 79.9. The number of hydrogen-bond donors (Lipinski definition) is 4. The summed E-state index contributed by atoms with van der Waals surface area (Å²) in [7, 11) is -2.57. The molecule has 0 aromatic carbocycles. The molecule has 26 heavy (non-hydrogen) atoms. The standard InChI is InChI=1S/C16H22BrFN4O3S/c1-15(2)13(21-14(23)24)22-16(3,10-5-4-8-19-26(10,15)25)12-9(18)6-7-11(17)20-12/h6-7,10,19,25H,4-5,8H2,1-3H3,(H,21,22)(H,23,24)/t10-,16+/m1/s1. The lowest BCUT2D eigenvalue weighted by molar-refractivity contribution is 0.199. The van der Waals surface area contributed by atoms with Crippen molar-refractivity contribution >= 4 is 38.4 Å². The number of nitrogens with zero attached hydrogens (tertiary/aromatic N) is 2. The topological polar surface area (TPSA) is 107 Å². The largest absolute Gasteiger partial charge is 0.465 e. The quantitative estimate of drug-likeness (QED) is 0.491. The molecule has 1 amide bonds. The molecule has 0 aliphatic carbocycles. The maximum atomic E-state index is 14.7. The number of rotatable bonds is 1. The summed E-state index contributed by atoms with van der Waals surface area (Å²) >= 11 is 3.26. The van der Waals surface area contributed by atoms with E-state index in [4.69, 9.17) is 0 Å². The molecule has 0 radical (unpaired) electrons. The van der Waals surface area contributed by atoms with Gasteiger partial charge in [-0.3, -0.25) is 15.0 Å². The van der Waals surface area contributed by atoms with Crippen LogP contribution in [-0.2, 0) is 5.54 Å². The minimum atomic E-state index is -2.57. The molecule has 3 rings (SSSR count). The van der Waals surface area contributed by atoms with Gasteiger partial charge in [-0.05, 0) is 61.7 Å². The third-order valence-electron chi connectivity index (χ3n) is 5.21. The van der Waals surface area contributed by atoms with Crippen LogP contribution in [0.15, 0.2) is 21.7 Å². The Bertz CT molecular complexity index is 793. The molecule has 2 aliphatic rings. The van der Waals surface area contributed by atoms with E-state index in [1.54, 1.807) is 20.8 Å². The van der Waals surface area contributed by atoms with E-state index in [-0.39, 0.29) is 11.5 Å². The molecular weight excluding hydrogens is 427 g/mol. The van der Waals surface area contributed by atoms with Gasteiger partial charge in [-0.1, -0.05) is 10.5 Å². The molecule has 2 aliphatic heterocycles. The zero-order chi connectivity index (χ0) is 19.3. The molecule has 3 heterocycles. The Hall–Kier alpha value is -1.23. The second-order valence-corrected chi connectivity index (χ2v) is 11.1. The molecule has 0 spiro atoms. The highest BCUT2D eigenvalue weighted by Crippen LogP contribution is 2.66. The zero-order valence-electron chi connectivity index (χ0n) is 14.7. The Morgan fingerprint density at radius 2 is 2.15 bits per heavy atom. The molecule has 4 N–H and O–H groups in total. The van der Waals surface area contributed by atoms with Gasteiger partial charge in [0.15, 0.2) is 0 Å². The van der Waals surface area contributed by atoms with Crippen LogP contribution in [0.3, 0.4) is 0 Å². The van der Waals surface area contributed by atoms with Gasteiger partial charge in [-0.25, -0.2) is 14.2 Å². The van der Waals surface area contributed by atoms with Crippen LogP contribution in [-0.4, -0.2) is 43.1 Å². The molecule has 3 atom stereocenters. The minimum Gasteiger partial charge on any atom is -0.465 e. The highest BCUT2D eigenvalue weighted by molar-refractivity contribution is 9.10. The van der Waals surface area contributed by atoms with E-state index < -0.39 is 37.9 Å². The summed E-state index contributed by atoms with van der Waals surface area (Å²) in [4.78, 5) is 20.2. The molecule has 7 nitrogen and oxygen atoms in total. The second kappa shape index (κ2) is 6.43. The fourth-order valence-corrected chi connectivity index (χ4v) is 7.55. The third-order valence-corrected chi connectivity index (χ3v) is 9.57. The molecule has 144 valence electrons. The molecule has 10 heteroatoms. The lowest BCUT2D eigenvalue weighted by atomic mass is 9.89. The summed E-state index contributed by atoms with van der Waals surface area (Å²) in [5.41, 5.74) is -1.12. The molecule has 0 saturated carbocycles. The van der Waals surface area contributed by atoms with E-state index >= 15 is 0 Å². The van der Waals surface area contributed by atoms with Crippen molar-refractivity contribution < 1.29 is 18.8 Å². The fraction of sp³-hybridized carbons (Fsp3) is 0.562. The van der Waals surface area contributed by atoms with Gasteiger partial charge in [0.1, 0.15) is 27.5 Å². The number of carbonyl (C=O) groups is 1. The van der Waals surface area contributed by atoms with Crippen molar-refractivity contribution in [2.24, 2.45) is 4.99 Å². The van der Waals surface area contributed by atoms with Gasteiger partial charge in [0.2, 0.25) is 0 Å². The van der Waals surface area contributed by atoms with Gasteiger partial charge in [-0.2, -0.15) is 0 Å². The normalized spacial score (nSPS) is 33.2. The number of pyridine rings is 1. The van der Waals surface area contributed by atoms with Crippen molar-refractivity contribution in [2.75, 3.05) is 6.54 Å². The minimum absolute atomic E-state index is 0.0895. The van der Waals surface area contributed by atoms with Gasteiger partial charge in [0.25, 0.3) is 0 Å². The smallest absolute Gasteiger partial charge is 0.410 e. The molecule has 0 unspecified atom stereocenters. The predicted molar refractivity (Wildman–Crippen MR) is 103 cm³/mol. The number of aromatic nitrogens is 1. The van der Waals surface area contributed by atoms with Crippen LogP contribution >= 0.6 is 26.4 Å². The van der Waals surface area contributed by atoms with E-state index in [2.05, 4.69) is 35.9 Å². The van der Waals surface area contributed by atoms with E-state index in [1.165, 1.54) is 12.1 Å². The van der Waals surface area contributed by atoms with Crippen molar-refractivity contribution in [3.05, 3.63) is 28.2 Å². The average Bonchev–Trinajstić information content (AvgIpc) is 2.55. The van der Waals surface area contributed by atoms with Gasteiger partial charge < -0.3 is 9.66 Å². The molecule has 0 bridgehead atoms. The van der Waals surface area contributed by atoms with Crippen LogP contribution < -0.4 is 10.0 Å². The Morgan fingerprint density at radius 1 is 1.46 bits per heavy atom. The summed E-state index contributed by atoms with van der Waals surface area (Å²) in [6.45, 7) is 5.83. The van der Waals surface area contributed by atoms with Crippen LogP contribution in [0.2, 0.25) is 0 Å². The Morgan fingerprint density at radius 3 is 2.81 bits per heavy atom. The Balaban J connectivity index is 2.28. The molecular formula is C16H22BrFN4O3S. The number of halogens is 2. The number of amides is 1. The zero-order valence-corrected chi connectivity index (χ0v) is 17.1. The van der Waals surface area contributed by atoms with Gasteiger partial charge in [0.05, 0.1) is 10.00 Å². The fourth-order valence-electron chi connectivity index (χ4n) is 3.78. The Labute approximate surface area is 161 Å². The summed E-state index contributed by atoms with van der Waals surface area (Å²) in [5, 5.41) is 11.1. The Kier molecular flexibility index (Phi) is 4.83. The first-order valence-corrected chi connectivity index (χ1v) is 10.7. The third kappa shape index (κ3) is 2.83. The first-order valence-electron chi connectivity index (χ1n) is 8.24. The van der Waals surface area contributed by atoms with Gasteiger partial charge >= 0.3 is 6.09 Å². The van der Waals surface area contributed by atoms with Crippen LogP contribution in [0.4, 0.5) is 9.18 Å². The van der Waals surface area contributed by atoms with E-state index in [1.807, 2.05) is 0 Å². The molecule has 1 saturated heterocycles. The van der Waals surface area contributed by atoms with Gasteiger partial charge in [-0.15, -0.1) is 0 Å². The average molecular weight is 449 g/mol. The number of nitrogens with one attached hydrogen (secondary N) is 2. The summed E-state index contributed by atoms with van der Waals surface area (Å²) < 4.78 is 29.1. The number of hydrogen-bond acceptors (Lipinski definition) is 5. The maximum absolute atomic E-state index is 14.7. The van der Waals surface area contributed by atoms with Crippen molar-refractivity contribution in [3.8, 4) is 0 Å². The number of amidine groups is 1. The summed E-state index contributed by atoms with van der Waals surface area (Å²) in [6, 6.07) is 2.79. The van der Waals surface area contributed by atoms with Crippen LogP contribution in [0.25, 0.3) is 0 Å². The monoisotopic (exact) mass is 448 g/mol. The van der Waals surface area contributed by atoms with E-state index in [0.717, 1.165) is 6.42 Å². The lowest BCUT2D eigenvalue weighted by Crippen LogP contribution is -2.63. The van der Waals surface area contributed by atoms with Crippen molar-refractivity contribution in [1.82, 2.24) is 15.0 Å². The summed E-state index contributed by atoms with van der Waals surface area (Å²) in [6.07, 6.45) is 0.161. The van der Waals surface area contributed by atoms with Crippen LogP contribution in [0, 0.1) is 5.82 Å². The first kappa shape index (κ1) is 19.5. The second-order valence-electron chi connectivity index (χ2n) is 7.16. The first-order chi connectivity index (χ1) is 12.0. The molecule has 1 aromatic heterocycles. The van der Waals surface area contributed by atoms with Crippen LogP contribution in [0.5, 0.6) is 0 Å². The SMILES string of the molecule is CC1(C)C(NC(=O)O)=N[C@](C)(c2nc(Br)ccc2F)[C@H]2CCCN[S@]21O. The molecule has 1 aromatic rings. The number of aliphatic imine (C=N–C) groups is 1. The highest BCUT2D eigenvalue weighted by Gasteiger charge is 2.60. The number of fused-ring (bicyclic) bond motifs is 1. The molecule has 1 fully saturated rings. The summed E-state index contributed by atoms with van der Waals surface area (Å²) in [5.74, 6) is -0.432. The van der Waals surface area contributed by atoms with Crippen molar-refractivity contribution in [3.63, 3.8) is 0 Å². The lowest BCUT2D eigenvalue weighted by Gasteiger charge is -2.61.